The largest absolute Gasteiger partial charge is 0.353 e. The van der Waals surface area contributed by atoms with Gasteiger partial charge in [-0.15, -0.1) is 23.1 Å². The van der Waals surface area contributed by atoms with Gasteiger partial charge in [-0.25, -0.2) is 15.0 Å². The molecule has 3 aromatic heterocycles. The second-order valence-corrected chi connectivity index (χ2v) is 12.0. The third kappa shape index (κ3) is 6.39. The second kappa shape index (κ2) is 12.5. The molecule has 0 aliphatic carbocycles. The number of hydrogen-bond donors (Lipinski definition) is 2. The molecule has 0 bridgehead atoms. The van der Waals surface area contributed by atoms with Crippen molar-refractivity contribution in [2.24, 2.45) is 4.99 Å². The van der Waals surface area contributed by atoms with Crippen LogP contribution in [0, 0.1) is 20.8 Å². The zero-order valence-electron chi connectivity index (χ0n) is 21.3. The van der Waals surface area contributed by atoms with Gasteiger partial charge in [-0.3, -0.25) is 9.98 Å². The predicted octanol–water partition coefficient (Wildman–Crippen LogP) is 8.23. The van der Waals surface area contributed by atoms with Crippen LogP contribution in [0.3, 0.4) is 0 Å². The highest BCUT2D eigenvalue weighted by Crippen LogP contribution is 2.44. The summed E-state index contributed by atoms with van der Waals surface area (Å²) < 4.78 is 2.18. The third-order valence-corrected chi connectivity index (χ3v) is 9.86. The van der Waals surface area contributed by atoms with Gasteiger partial charge in [0.05, 0.1) is 29.0 Å². The number of rotatable bonds is 10. The van der Waals surface area contributed by atoms with Gasteiger partial charge in [0.1, 0.15) is 22.3 Å². The van der Waals surface area contributed by atoms with Crippen LogP contribution >= 0.6 is 51.5 Å². The molecule has 1 atom stereocenters. The number of halogens is 1. The van der Waals surface area contributed by atoms with Gasteiger partial charge < -0.3 is 15.3 Å². The van der Waals surface area contributed by atoms with Crippen molar-refractivity contribution in [2.45, 2.75) is 32.6 Å². The highest BCUT2D eigenvalue weighted by molar-refractivity contribution is 14.2. The van der Waals surface area contributed by atoms with E-state index in [9.17, 15) is 0 Å². The lowest BCUT2D eigenvalue weighted by atomic mass is 10.2. The molecule has 0 amide bonds. The molecular weight excluding hydrogens is 634 g/mol. The first kappa shape index (κ1) is 27.7. The average molecular weight is 663 g/mol. The summed E-state index contributed by atoms with van der Waals surface area (Å²) >= 11 is 5.70. The van der Waals surface area contributed by atoms with Gasteiger partial charge in [0, 0.05) is 40.5 Å². The Morgan fingerprint density at radius 1 is 1.08 bits per heavy atom. The standard InChI is InChI=1S/C25H28IN8PS2/c1-7-34(35-26)24-23(27-5)19(11-21(33-24)32-22-12-28-15(3)16(4)30-22)31-18-9-8-17(10-20(18)36-6)25-29-14(2)13-37-25/h8-13,35H,5,7H2,1-4,6H3,(H2,30,31,32,33). The molecule has 1 unspecified atom stereocenters. The Kier molecular flexibility index (Phi) is 9.33. The number of thioether (sulfide) groups is 1. The maximum atomic E-state index is 4.90. The number of anilines is 5. The van der Waals surface area contributed by atoms with E-state index in [1.165, 1.54) is 0 Å². The highest BCUT2D eigenvalue weighted by atomic mass is 127. The molecule has 192 valence electrons. The molecule has 0 radical (unpaired) electrons. The first-order valence-electron chi connectivity index (χ1n) is 11.5. The molecule has 0 saturated heterocycles. The van der Waals surface area contributed by atoms with Crippen LogP contribution in [0.15, 0.2) is 45.7 Å². The van der Waals surface area contributed by atoms with Crippen molar-refractivity contribution < 1.29 is 0 Å². The molecule has 3 heterocycles. The van der Waals surface area contributed by atoms with Crippen molar-refractivity contribution in [1.82, 2.24) is 19.9 Å². The summed E-state index contributed by atoms with van der Waals surface area (Å²) in [6.45, 7) is 12.7. The lowest BCUT2D eigenvalue weighted by Gasteiger charge is -2.23. The number of aryl methyl sites for hydroxylation is 3. The van der Waals surface area contributed by atoms with Crippen molar-refractivity contribution in [3.63, 3.8) is 0 Å². The van der Waals surface area contributed by atoms with Gasteiger partial charge in [0.25, 0.3) is 0 Å². The van der Waals surface area contributed by atoms with Crippen molar-refractivity contribution in [3.05, 3.63) is 52.9 Å². The quantitative estimate of drug-likeness (QED) is 0.0760. The van der Waals surface area contributed by atoms with E-state index in [0.717, 1.165) is 56.3 Å². The molecule has 0 fully saturated rings. The van der Waals surface area contributed by atoms with E-state index >= 15 is 0 Å². The minimum atomic E-state index is 0.492. The van der Waals surface area contributed by atoms with Crippen LogP contribution in [0.5, 0.6) is 0 Å². The van der Waals surface area contributed by atoms with Crippen LogP contribution in [0.2, 0.25) is 0 Å². The summed E-state index contributed by atoms with van der Waals surface area (Å²) in [7, 11) is 0. The van der Waals surface area contributed by atoms with E-state index < -0.39 is 0 Å². The molecule has 0 aliphatic rings. The molecule has 4 rings (SSSR count). The van der Waals surface area contributed by atoms with E-state index in [2.05, 4.69) is 101 Å². The summed E-state index contributed by atoms with van der Waals surface area (Å²) in [5.74, 6) is 2.05. The fourth-order valence-corrected chi connectivity index (χ4v) is 7.01. The maximum Gasteiger partial charge on any atom is 0.162 e. The Balaban J connectivity index is 1.77. The molecule has 0 spiro atoms. The summed E-state index contributed by atoms with van der Waals surface area (Å²) in [4.78, 5) is 24.1. The molecule has 37 heavy (non-hydrogen) atoms. The van der Waals surface area contributed by atoms with E-state index in [-0.39, 0.29) is 0 Å². The van der Waals surface area contributed by atoms with Gasteiger partial charge in [0.2, 0.25) is 0 Å². The van der Waals surface area contributed by atoms with Crippen LogP contribution in [0.1, 0.15) is 24.0 Å². The number of aromatic nitrogens is 4. The lowest BCUT2D eigenvalue weighted by Crippen LogP contribution is -2.13. The number of nitrogens with zero attached hydrogens (tertiary/aromatic N) is 6. The van der Waals surface area contributed by atoms with Crippen LogP contribution in [-0.2, 0) is 0 Å². The Morgan fingerprint density at radius 2 is 1.89 bits per heavy atom. The van der Waals surface area contributed by atoms with Crippen LogP contribution in [-0.4, -0.2) is 39.5 Å². The zero-order valence-corrected chi connectivity index (χ0v) is 26.0. The van der Waals surface area contributed by atoms with Crippen molar-refractivity contribution in [3.8, 4) is 10.6 Å². The smallest absolute Gasteiger partial charge is 0.162 e. The van der Waals surface area contributed by atoms with Crippen molar-refractivity contribution in [2.75, 3.05) is 28.1 Å². The third-order valence-electron chi connectivity index (χ3n) is 5.59. The number of hydrogen-bond acceptors (Lipinski definition) is 10. The van der Waals surface area contributed by atoms with Gasteiger partial charge in [0.15, 0.2) is 5.82 Å². The molecule has 4 aromatic rings. The first-order chi connectivity index (χ1) is 17.9. The zero-order chi connectivity index (χ0) is 26.5. The topological polar surface area (TPSA) is 91.2 Å². The van der Waals surface area contributed by atoms with Gasteiger partial charge in [-0.05, 0) is 80.9 Å². The van der Waals surface area contributed by atoms with E-state index in [4.69, 9.17) is 4.98 Å². The fraction of sp³-hybridized carbons (Fsp3) is 0.240. The predicted molar refractivity (Wildman–Crippen MR) is 171 cm³/mol. The molecule has 8 nitrogen and oxygen atoms in total. The normalized spacial score (nSPS) is 11.2. The Bertz CT molecular complexity index is 1420. The maximum absolute atomic E-state index is 4.90. The molecule has 1 aromatic carbocycles. The molecular formula is C25H28IN8PS2. The molecule has 2 N–H and O–H groups in total. The molecule has 0 aliphatic heterocycles. The SMILES string of the molecule is C=Nc1c(Nc2ccc(-c3nc(C)cs3)cc2SC)cc(Nc2cnc(C)c(C)n2)nc1N(CC)PI. The molecule has 0 saturated carbocycles. The Labute approximate surface area is 240 Å². The number of thiazole rings is 1. The van der Waals surface area contributed by atoms with E-state index in [1.807, 2.05) is 26.8 Å². The van der Waals surface area contributed by atoms with Gasteiger partial charge >= 0.3 is 0 Å². The Morgan fingerprint density at radius 3 is 2.51 bits per heavy atom. The van der Waals surface area contributed by atoms with E-state index in [0.29, 0.717) is 23.7 Å². The number of benzene rings is 1. The molecule has 12 heteroatoms. The van der Waals surface area contributed by atoms with Crippen LogP contribution < -0.4 is 15.3 Å². The minimum absolute atomic E-state index is 0.492. The summed E-state index contributed by atoms with van der Waals surface area (Å²) in [6, 6.07) is 8.29. The van der Waals surface area contributed by atoms with Crippen molar-refractivity contribution >= 4 is 92.7 Å². The van der Waals surface area contributed by atoms with Crippen molar-refractivity contribution in [1.29, 1.82) is 0 Å². The minimum Gasteiger partial charge on any atom is -0.353 e. The fourth-order valence-electron chi connectivity index (χ4n) is 3.57. The highest BCUT2D eigenvalue weighted by Gasteiger charge is 2.19. The number of pyridine rings is 1. The van der Waals surface area contributed by atoms with Crippen LogP contribution in [0.25, 0.3) is 10.6 Å². The van der Waals surface area contributed by atoms with E-state index in [1.54, 1.807) is 29.3 Å². The van der Waals surface area contributed by atoms with Gasteiger partial charge in [-0.1, -0.05) is 0 Å². The number of nitrogens with one attached hydrogen (secondary N) is 2. The summed E-state index contributed by atoms with van der Waals surface area (Å²) in [6.07, 6.45) is 4.29. The lowest BCUT2D eigenvalue weighted by molar-refractivity contribution is 1.04. The number of aliphatic imine (C=N–C) groups is 1. The van der Waals surface area contributed by atoms with Crippen LogP contribution in [0.4, 0.5) is 34.5 Å². The van der Waals surface area contributed by atoms with Gasteiger partial charge in [-0.2, -0.15) is 0 Å². The first-order valence-corrected chi connectivity index (χ1v) is 17.6. The average Bonchev–Trinajstić information content (AvgIpc) is 3.33. The Hall–Kier alpha value is -2.34. The monoisotopic (exact) mass is 662 g/mol. The summed E-state index contributed by atoms with van der Waals surface area (Å²) in [5.41, 5.74) is 6.39. The summed E-state index contributed by atoms with van der Waals surface area (Å²) in [5, 5.41) is 10.0. The second-order valence-electron chi connectivity index (χ2n) is 8.10.